The van der Waals surface area contributed by atoms with Gasteiger partial charge in [0.1, 0.15) is 11.9 Å². The molecule has 0 saturated heterocycles. The molecule has 0 saturated carbocycles. The highest BCUT2D eigenvalue weighted by Crippen LogP contribution is 2.32. The van der Waals surface area contributed by atoms with Crippen molar-refractivity contribution in [2.75, 3.05) is 19.7 Å². The summed E-state index contributed by atoms with van der Waals surface area (Å²) in [5.74, 6) is -2.80. The Bertz CT molecular complexity index is 1250. The van der Waals surface area contributed by atoms with Crippen LogP contribution in [0.4, 0.5) is 13.2 Å². The van der Waals surface area contributed by atoms with Gasteiger partial charge in [0, 0.05) is 13.1 Å². The lowest BCUT2D eigenvalue weighted by Crippen LogP contribution is -2.38. The fourth-order valence-electron chi connectivity index (χ4n) is 3.93. The van der Waals surface area contributed by atoms with Gasteiger partial charge >= 0.3 is 18.1 Å². The van der Waals surface area contributed by atoms with Crippen LogP contribution in [-0.4, -0.2) is 65.3 Å². The summed E-state index contributed by atoms with van der Waals surface area (Å²) in [7, 11) is 0. The Kier molecular flexibility index (Phi) is 11.1. The number of benzene rings is 3. The van der Waals surface area contributed by atoms with Crippen molar-refractivity contribution in [3.63, 3.8) is 0 Å². The quantitative estimate of drug-likeness (QED) is 0.284. The molecule has 8 nitrogen and oxygen atoms in total. The summed E-state index contributed by atoms with van der Waals surface area (Å²) in [4.78, 5) is 19.9. The molecule has 1 aliphatic rings. The lowest BCUT2D eigenvalue weighted by atomic mass is 9.96. The van der Waals surface area contributed by atoms with Gasteiger partial charge in [0.25, 0.3) is 0 Å². The molecule has 0 aromatic heterocycles. The Balaban J connectivity index is 0.000000559. The van der Waals surface area contributed by atoms with Crippen LogP contribution in [0.15, 0.2) is 72.8 Å². The number of rotatable bonds is 10. The fraction of sp³-hybridized carbons (Fsp3) is 0.310. The lowest BCUT2D eigenvalue weighted by Gasteiger charge is -2.27. The first-order valence-electron chi connectivity index (χ1n) is 12.5. The number of aromatic carboxylic acids is 1. The Morgan fingerprint density at radius 3 is 2.27 bits per heavy atom. The van der Waals surface area contributed by atoms with Crippen molar-refractivity contribution >= 4 is 11.9 Å². The predicted molar refractivity (Wildman–Crippen MR) is 140 cm³/mol. The van der Waals surface area contributed by atoms with E-state index in [4.69, 9.17) is 24.5 Å². The number of aliphatic carboxylic acids is 1. The van der Waals surface area contributed by atoms with Crippen molar-refractivity contribution < 1.29 is 47.6 Å². The number of halogens is 3. The molecule has 3 aromatic rings. The summed E-state index contributed by atoms with van der Waals surface area (Å²) in [6.07, 6.45) is -3.80. The van der Waals surface area contributed by atoms with Crippen LogP contribution in [0.2, 0.25) is 0 Å². The largest absolute Gasteiger partial charge is 0.490 e. The molecule has 1 aliphatic heterocycles. The number of carbonyl (C=O) groups is 2. The molecule has 0 amide bonds. The molecule has 40 heavy (non-hydrogen) atoms. The van der Waals surface area contributed by atoms with Crippen LogP contribution in [0.1, 0.15) is 27.9 Å². The van der Waals surface area contributed by atoms with E-state index in [1.54, 1.807) is 12.1 Å². The molecule has 11 heteroatoms. The maximum absolute atomic E-state index is 11.0. The first-order chi connectivity index (χ1) is 19.0. The molecule has 0 spiro atoms. The third-order valence-electron chi connectivity index (χ3n) is 5.97. The number of ether oxygens (including phenoxy) is 2. The second-order valence-corrected chi connectivity index (χ2v) is 9.10. The van der Waals surface area contributed by atoms with Gasteiger partial charge in [-0.25, -0.2) is 9.59 Å². The minimum Gasteiger partial charge on any atom is -0.489 e. The van der Waals surface area contributed by atoms with Crippen molar-refractivity contribution in [3.05, 3.63) is 89.5 Å². The maximum Gasteiger partial charge on any atom is 0.490 e. The second kappa shape index (κ2) is 14.5. The van der Waals surface area contributed by atoms with Crippen LogP contribution >= 0.6 is 0 Å². The van der Waals surface area contributed by atoms with Crippen molar-refractivity contribution in [2.24, 2.45) is 0 Å². The van der Waals surface area contributed by atoms with Gasteiger partial charge in [0.2, 0.25) is 0 Å². The monoisotopic (exact) mass is 561 g/mol. The third kappa shape index (κ3) is 9.67. The number of aliphatic hydroxyl groups is 1. The van der Waals surface area contributed by atoms with E-state index in [0.717, 1.165) is 40.8 Å². The fourth-order valence-corrected chi connectivity index (χ4v) is 3.93. The lowest BCUT2D eigenvalue weighted by molar-refractivity contribution is -0.192. The standard InChI is InChI=1S/C27H29NO5.C2HF3O2/c29-24(18-32-17-19-4-2-1-3-5-19)15-28-16-25-12-10-23-14-22(11-13-26(23)33-25)20-6-8-21(9-7-20)27(30)31;3-2(4,5)1(6)7/h1-9,11,13-14,24-25,28-29H,10,12,15-18H2,(H,30,31);(H,6,7)/t24-,25+;/m0./s1. The van der Waals surface area contributed by atoms with Gasteiger partial charge in [-0.2, -0.15) is 13.2 Å². The van der Waals surface area contributed by atoms with Crippen LogP contribution in [0.5, 0.6) is 5.75 Å². The van der Waals surface area contributed by atoms with Crippen molar-refractivity contribution in [1.29, 1.82) is 0 Å². The molecule has 0 radical (unpaired) electrons. The summed E-state index contributed by atoms with van der Waals surface area (Å²) in [6.45, 7) is 1.89. The number of carboxylic acid groups (broad SMARTS) is 2. The number of nitrogens with one attached hydrogen (secondary N) is 1. The van der Waals surface area contributed by atoms with E-state index in [0.29, 0.717) is 19.7 Å². The van der Waals surface area contributed by atoms with Gasteiger partial charge in [-0.05, 0) is 59.4 Å². The van der Waals surface area contributed by atoms with E-state index in [-0.39, 0.29) is 18.3 Å². The van der Waals surface area contributed by atoms with Crippen LogP contribution < -0.4 is 10.1 Å². The average Bonchev–Trinajstić information content (AvgIpc) is 2.93. The van der Waals surface area contributed by atoms with Gasteiger partial charge in [-0.3, -0.25) is 0 Å². The molecular weight excluding hydrogens is 531 g/mol. The normalized spacial score (nSPS) is 15.2. The number of hydrogen-bond donors (Lipinski definition) is 4. The summed E-state index contributed by atoms with van der Waals surface area (Å²) in [6, 6.07) is 22.9. The minimum atomic E-state index is -5.08. The van der Waals surface area contributed by atoms with Crippen LogP contribution in [0.25, 0.3) is 11.1 Å². The molecule has 0 fully saturated rings. The highest BCUT2D eigenvalue weighted by atomic mass is 19.4. The first kappa shape index (κ1) is 30.6. The highest BCUT2D eigenvalue weighted by molar-refractivity contribution is 5.88. The van der Waals surface area contributed by atoms with Crippen molar-refractivity contribution in [1.82, 2.24) is 5.32 Å². The molecule has 4 rings (SSSR count). The summed E-state index contributed by atoms with van der Waals surface area (Å²) in [5.41, 5.74) is 4.55. The predicted octanol–water partition coefficient (Wildman–Crippen LogP) is 4.55. The summed E-state index contributed by atoms with van der Waals surface area (Å²) >= 11 is 0. The zero-order valence-corrected chi connectivity index (χ0v) is 21.4. The van der Waals surface area contributed by atoms with Crippen LogP contribution in [0, 0.1) is 0 Å². The number of alkyl halides is 3. The molecule has 3 aromatic carbocycles. The highest BCUT2D eigenvalue weighted by Gasteiger charge is 2.38. The molecule has 2 atom stereocenters. The zero-order chi connectivity index (χ0) is 29.1. The Hall–Kier alpha value is -3.93. The van der Waals surface area contributed by atoms with Gasteiger partial charge in [-0.15, -0.1) is 0 Å². The number of carboxylic acids is 2. The van der Waals surface area contributed by atoms with E-state index in [1.807, 2.05) is 54.6 Å². The van der Waals surface area contributed by atoms with E-state index in [2.05, 4.69) is 11.4 Å². The Labute approximate surface area is 229 Å². The molecule has 1 heterocycles. The number of fused-ring (bicyclic) bond motifs is 1. The maximum atomic E-state index is 11.0. The minimum absolute atomic E-state index is 0.0515. The summed E-state index contributed by atoms with van der Waals surface area (Å²) < 4.78 is 43.5. The van der Waals surface area contributed by atoms with Gasteiger partial charge < -0.3 is 30.1 Å². The van der Waals surface area contributed by atoms with Crippen molar-refractivity contribution in [2.45, 2.75) is 37.8 Å². The van der Waals surface area contributed by atoms with Gasteiger partial charge in [0.05, 0.1) is 24.9 Å². The van der Waals surface area contributed by atoms with E-state index in [9.17, 15) is 23.1 Å². The zero-order valence-electron chi connectivity index (χ0n) is 21.4. The Morgan fingerprint density at radius 1 is 1.00 bits per heavy atom. The van der Waals surface area contributed by atoms with E-state index in [1.165, 1.54) is 0 Å². The van der Waals surface area contributed by atoms with Gasteiger partial charge in [0.15, 0.2) is 0 Å². The topological polar surface area (TPSA) is 125 Å². The average molecular weight is 562 g/mol. The number of aryl methyl sites for hydroxylation is 1. The Morgan fingerprint density at radius 2 is 1.65 bits per heavy atom. The van der Waals surface area contributed by atoms with Crippen LogP contribution in [0.3, 0.4) is 0 Å². The van der Waals surface area contributed by atoms with E-state index >= 15 is 0 Å². The van der Waals surface area contributed by atoms with E-state index < -0.39 is 24.2 Å². The molecule has 0 aliphatic carbocycles. The molecule has 4 N–H and O–H groups in total. The molecular formula is C29H30F3NO7. The smallest absolute Gasteiger partial charge is 0.489 e. The molecule has 0 unspecified atom stereocenters. The van der Waals surface area contributed by atoms with Gasteiger partial charge in [-0.1, -0.05) is 48.5 Å². The SMILES string of the molecule is O=C(O)C(F)(F)F.O=C(O)c1ccc(-c2ccc3c(c2)CC[C@H](CNC[C@H](O)COCc2ccccc2)O3)cc1. The third-order valence-corrected chi connectivity index (χ3v) is 5.97. The summed E-state index contributed by atoms with van der Waals surface area (Å²) in [5, 5.41) is 29.6. The number of aliphatic hydroxyl groups excluding tert-OH is 1. The first-order valence-corrected chi connectivity index (χ1v) is 12.5. The number of hydrogen-bond acceptors (Lipinski definition) is 6. The van der Waals surface area contributed by atoms with Crippen LogP contribution in [-0.2, 0) is 22.6 Å². The molecule has 0 bridgehead atoms. The molecule has 214 valence electrons. The van der Waals surface area contributed by atoms with Crippen molar-refractivity contribution in [3.8, 4) is 16.9 Å². The second-order valence-electron chi connectivity index (χ2n) is 9.10.